The molecule has 21 heavy (non-hydrogen) atoms. The Morgan fingerprint density at radius 3 is 2.76 bits per heavy atom. The molecular formula is C15H20ClN3O2. The van der Waals surface area contributed by atoms with Gasteiger partial charge in [-0.1, -0.05) is 11.6 Å². The Bertz CT molecular complexity index is 532. The molecule has 0 saturated carbocycles. The SMILES string of the molecule is O=[N+]([O-])c1ccc(Cl)c(CN2CCC(N3CCCC3)C2)c1. The van der Waals surface area contributed by atoms with Gasteiger partial charge in [0.2, 0.25) is 0 Å². The minimum absolute atomic E-state index is 0.115. The van der Waals surface area contributed by atoms with Crippen LogP contribution in [0.1, 0.15) is 24.8 Å². The van der Waals surface area contributed by atoms with E-state index in [0.717, 1.165) is 18.7 Å². The van der Waals surface area contributed by atoms with Crippen molar-refractivity contribution in [2.75, 3.05) is 26.2 Å². The van der Waals surface area contributed by atoms with Crippen LogP contribution in [-0.4, -0.2) is 46.9 Å². The van der Waals surface area contributed by atoms with Crippen molar-refractivity contribution in [3.8, 4) is 0 Å². The molecule has 0 aliphatic carbocycles. The largest absolute Gasteiger partial charge is 0.299 e. The summed E-state index contributed by atoms with van der Waals surface area (Å²) in [6.45, 7) is 5.22. The minimum Gasteiger partial charge on any atom is -0.299 e. The number of halogens is 1. The highest BCUT2D eigenvalue weighted by Gasteiger charge is 2.29. The van der Waals surface area contributed by atoms with Crippen LogP contribution in [0.5, 0.6) is 0 Å². The number of non-ortho nitro benzene ring substituents is 1. The van der Waals surface area contributed by atoms with Crippen molar-refractivity contribution in [2.24, 2.45) is 0 Å². The Hall–Kier alpha value is -1.17. The number of nitrogens with zero attached hydrogens (tertiary/aromatic N) is 3. The van der Waals surface area contributed by atoms with Crippen molar-refractivity contribution in [1.82, 2.24) is 9.80 Å². The third-order valence-electron chi connectivity index (χ3n) is 4.54. The third kappa shape index (κ3) is 3.36. The molecule has 2 saturated heterocycles. The maximum absolute atomic E-state index is 10.9. The fourth-order valence-electron chi connectivity index (χ4n) is 3.40. The lowest BCUT2D eigenvalue weighted by Gasteiger charge is -2.23. The normalized spacial score (nSPS) is 23.8. The van der Waals surface area contributed by atoms with Crippen LogP contribution in [0.3, 0.4) is 0 Å². The molecule has 5 nitrogen and oxygen atoms in total. The quantitative estimate of drug-likeness (QED) is 0.634. The van der Waals surface area contributed by atoms with Crippen molar-refractivity contribution in [1.29, 1.82) is 0 Å². The summed E-state index contributed by atoms with van der Waals surface area (Å²) in [4.78, 5) is 15.4. The monoisotopic (exact) mass is 309 g/mol. The van der Waals surface area contributed by atoms with Gasteiger partial charge in [-0.25, -0.2) is 0 Å². The summed E-state index contributed by atoms with van der Waals surface area (Å²) in [5, 5.41) is 11.5. The second-order valence-corrected chi connectivity index (χ2v) is 6.36. The summed E-state index contributed by atoms with van der Waals surface area (Å²) in [7, 11) is 0. The molecule has 0 amide bonds. The number of likely N-dealkylation sites (tertiary alicyclic amines) is 2. The molecular weight excluding hydrogens is 290 g/mol. The molecule has 2 fully saturated rings. The summed E-state index contributed by atoms with van der Waals surface area (Å²) in [6, 6.07) is 5.34. The van der Waals surface area contributed by atoms with Crippen LogP contribution < -0.4 is 0 Å². The molecule has 2 aliphatic rings. The number of benzene rings is 1. The fraction of sp³-hybridized carbons (Fsp3) is 0.600. The summed E-state index contributed by atoms with van der Waals surface area (Å²) in [5.41, 5.74) is 0.970. The molecule has 2 heterocycles. The van der Waals surface area contributed by atoms with Gasteiger partial charge in [-0.15, -0.1) is 0 Å². The topological polar surface area (TPSA) is 49.6 Å². The second-order valence-electron chi connectivity index (χ2n) is 5.95. The lowest BCUT2D eigenvalue weighted by atomic mass is 10.2. The van der Waals surface area contributed by atoms with E-state index in [-0.39, 0.29) is 10.6 Å². The molecule has 1 atom stereocenters. The Balaban J connectivity index is 1.64. The molecule has 1 aromatic carbocycles. The number of nitro groups is 1. The van der Waals surface area contributed by atoms with E-state index in [0.29, 0.717) is 17.6 Å². The van der Waals surface area contributed by atoms with E-state index in [1.54, 1.807) is 12.1 Å². The average molecular weight is 310 g/mol. The zero-order chi connectivity index (χ0) is 14.8. The van der Waals surface area contributed by atoms with Gasteiger partial charge in [-0.3, -0.25) is 19.9 Å². The van der Waals surface area contributed by atoms with Crippen molar-refractivity contribution in [3.05, 3.63) is 38.9 Å². The van der Waals surface area contributed by atoms with Crippen LogP contribution >= 0.6 is 11.6 Å². The van der Waals surface area contributed by atoms with E-state index in [1.807, 2.05) is 0 Å². The molecule has 2 aliphatic heterocycles. The predicted octanol–water partition coefficient (Wildman–Crippen LogP) is 2.92. The standard InChI is InChI=1S/C15H20ClN3O2/c16-15-4-3-13(19(20)21)9-12(15)10-17-8-5-14(11-17)18-6-1-2-7-18/h3-4,9,14H,1-2,5-8,10-11H2. The second kappa shape index (κ2) is 6.30. The molecule has 0 spiro atoms. The molecule has 0 radical (unpaired) electrons. The highest BCUT2D eigenvalue weighted by atomic mass is 35.5. The first-order valence-electron chi connectivity index (χ1n) is 7.53. The first-order valence-corrected chi connectivity index (χ1v) is 7.90. The highest BCUT2D eigenvalue weighted by molar-refractivity contribution is 6.31. The summed E-state index contributed by atoms with van der Waals surface area (Å²) < 4.78 is 0. The van der Waals surface area contributed by atoms with E-state index < -0.39 is 0 Å². The van der Waals surface area contributed by atoms with Gasteiger partial charge in [-0.2, -0.15) is 0 Å². The lowest BCUT2D eigenvalue weighted by Crippen LogP contribution is -2.35. The number of hydrogen-bond acceptors (Lipinski definition) is 4. The van der Waals surface area contributed by atoms with Crippen LogP contribution in [0.25, 0.3) is 0 Å². The van der Waals surface area contributed by atoms with Crippen LogP contribution in [-0.2, 0) is 6.54 Å². The van der Waals surface area contributed by atoms with Crippen molar-refractivity contribution in [3.63, 3.8) is 0 Å². The van der Waals surface area contributed by atoms with Gasteiger partial charge in [-0.05, 0) is 44.0 Å². The van der Waals surface area contributed by atoms with Crippen LogP contribution in [0.15, 0.2) is 18.2 Å². The maximum Gasteiger partial charge on any atom is 0.269 e. The van der Waals surface area contributed by atoms with Gasteiger partial charge < -0.3 is 0 Å². The van der Waals surface area contributed by atoms with E-state index in [9.17, 15) is 10.1 Å². The lowest BCUT2D eigenvalue weighted by molar-refractivity contribution is -0.384. The first kappa shape index (κ1) is 14.8. The van der Waals surface area contributed by atoms with Gasteiger partial charge >= 0.3 is 0 Å². The minimum atomic E-state index is -0.364. The number of hydrogen-bond donors (Lipinski definition) is 0. The highest BCUT2D eigenvalue weighted by Crippen LogP contribution is 2.26. The summed E-state index contributed by atoms with van der Waals surface area (Å²) in [5.74, 6) is 0. The molecule has 1 aromatic rings. The van der Waals surface area contributed by atoms with Crippen LogP contribution in [0.2, 0.25) is 5.02 Å². The fourth-order valence-corrected chi connectivity index (χ4v) is 3.57. The molecule has 0 bridgehead atoms. The van der Waals surface area contributed by atoms with Crippen molar-refractivity contribution in [2.45, 2.75) is 31.8 Å². The van der Waals surface area contributed by atoms with Gasteiger partial charge in [0.25, 0.3) is 5.69 Å². The van der Waals surface area contributed by atoms with Crippen molar-refractivity contribution < 1.29 is 4.92 Å². The average Bonchev–Trinajstić information content (AvgIpc) is 3.11. The van der Waals surface area contributed by atoms with E-state index >= 15 is 0 Å². The zero-order valence-electron chi connectivity index (χ0n) is 12.0. The molecule has 0 N–H and O–H groups in total. The zero-order valence-corrected chi connectivity index (χ0v) is 12.8. The number of rotatable bonds is 4. The Kier molecular flexibility index (Phi) is 4.42. The molecule has 3 rings (SSSR count). The maximum atomic E-state index is 10.9. The number of nitro benzene ring substituents is 1. The van der Waals surface area contributed by atoms with E-state index in [4.69, 9.17) is 11.6 Å². The van der Waals surface area contributed by atoms with E-state index in [1.165, 1.54) is 38.4 Å². The predicted molar refractivity (Wildman–Crippen MR) is 82.6 cm³/mol. The summed E-state index contributed by atoms with van der Waals surface area (Å²) >= 11 is 6.18. The van der Waals surface area contributed by atoms with Gasteiger partial charge in [0, 0.05) is 42.8 Å². The van der Waals surface area contributed by atoms with Crippen molar-refractivity contribution >= 4 is 17.3 Å². The van der Waals surface area contributed by atoms with Crippen LogP contribution in [0.4, 0.5) is 5.69 Å². The Morgan fingerprint density at radius 2 is 2.05 bits per heavy atom. The molecule has 6 heteroatoms. The molecule has 0 aromatic heterocycles. The Labute approximate surface area is 129 Å². The molecule has 114 valence electrons. The van der Waals surface area contributed by atoms with E-state index in [2.05, 4.69) is 9.80 Å². The molecule has 1 unspecified atom stereocenters. The van der Waals surface area contributed by atoms with Gasteiger partial charge in [0.15, 0.2) is 0 Å². The van der Waals surface area contributed by atoms with Gasteiger partial charge in [0.1, 0.15) is 0 Å². The summed E-state index contributed by atoms with van der Waals surface area (Å²) in [6.07, 6.45) is 3.81. The third-order valence-corrected chi connectivity index (χ3v) is 4.91. The van der Waals surface area contributed by atoms with Gasteiger partial charge in [0.05, 0.1) is 4.92 Å². The Morgan fingerprint density at radius 1 is 1.29 bits per heavy atom. The smallest absolute Gasteiger partial charge is 0.269 e. The first-order chi connectivity index (χ1) is 10.1. The van der Waals surface area contributed by atoms with Crippen LogP contribution in [0, 0.1) is 10.1 Å².